The van der Waals surface area contributed by atoms with Gasteiger partial charge in [-0.05, 0) is 73.2 Å². The molecule has 0 spiro atoms. The van der Waals surface area contributed by atoms with Crippen molar-refractivity contribution in [2.45, 2.75) is 25.9 Å². The molecule has 2 heterocycles. The van der Waals surface area contributed by atoms with E-state index in [1.807, 2.05) is 0 Å². The predicted octanol–water partition coefficient (Wildman–Crippen LogP) is 3.97. The van der Waals surface area contributed by atoms with Crippen LogP contribution in [0.15, 0.2) is 66.7 Å². The second-order valence-electron chi connectivity index (χ2n) is 9.03. The molecule has 0 radical (unpaired) electrons. The first-order valence-electron chi connectivity index (χ1n) is 12.6. The highest BCUT2D eigenvalue weighted by Crippen LogP contribution is 2.34. The number of imide groups is 1. The number of urea groups is 1. The van der Waals surface area contributed by atoms with Crippen molar-refractivity contribution in [2.75, 3.05) is 30.7 Å². The number of amides is 4. The van der Waals surface area contributed by atoms with E-state index in [4.69, 9.17) is 18.9 Å². The summed E-state index contributed by atoms with van der Waals surface area (Å²) in [5, 5.41) is 2.81. The maximum absolute atomic E-state index is 13.6. The molecule has 0 aliphatic carbocycles. The van der Waals surface area contributed by atoms with Gasteiger partial charge >= 0.3 is 12.0 Å². The van der Waals surface area contributed by atoms with Crippen LogP contribution in [0.25, 0.3) is 0 Å². The van der Waals surface area contributed by atoms with E-state index >= 15 is 0 Å². The number of rotatable bonds is 8. The standard InChI is InChI=1S/C29H27N3O8/c1-3-38-28(35)19-5-9-21(10-6-19)32-26(33)15-23(27(32)34)31(16-18-4-13-24-25(14-18)40-17-39-24)29(36)30-20-7-11-22(37-2)12-8-20/h4-14,23H,3,15-17H2,1-2H3,(H,30,36). The van der Waals surface area contributed by atoms with E-state index in [2.05, 4.69) is 5.32 Å². The number of esters is 1. The lowest BCUT2D eigenvalue weighted by molar-refractivity contribution is -0.122. The van der Waals surface area contributed by atoms with Crippen molar-refractivity contribution in [3.63, 3.8) is 0 Å². The Labute approximate surface area is 230 Å². The molecule has 1 unspecified atom stereocenters. The Morgan fingerprint density at radius 3 is 2.42 bits per heavy atom. The molecular weight excluding hydrogens is 518 g/mol. The van der Waals surface area contributed by atoms with Crippen molar-refractivity contribution in [3.8, 4) is 17.2 Å². The molecule has 2 aliphatic heterocycles. The summed E-state index contributed by atoms with van der Waals surface area (Å²) in [6.45, 7) is 2.05. The molecule has 0 aromatic heterocycles. The van der Waals surface area contributed by atoms with Crippen LogP contribution in [0.2, 0.25) is 0 Å². The molecule has 3 aromatic rings. The molecule has 1 fully saturated rings. The summed E-state index contributed by atoms with van der Waals surface area (Å²) in [7, 11) is 1.54. The lowest BCUT2D eigenvalue weighted by Gasteiger charge is -2.28. The van der Waals surface area contributed by atoms with Gasteiger partial charge in [-0.25, -0.2) is 14.5 Å². The summed E-state index contributed by atoms with van der Waals surface area (Å²) in [6.07, 6.45) is -0.209. The Morgan fingerprint density at radius 1 is 1.00 bits per heavy atom. The van der Waals surface area contributed by atoms with Gasteiger partial charge in [0.25, 0.3) is 5.91 Å². The van der Waals surface area contributed by atoms with Gasteiger partial charge in [0.1, 0.15) is 11.8 Å². The average molecular weight is 546 g/mol. The molecule has 1 atom stereocenters. The van der Waals surface area contributed by atoms with Crippen molar-refractivity contribution in [3.05, 3.63) is 77.9 Å². The lowest BCUT2D eigenvalue weighted by atomic mass is 10.1. The number of benzene rings is 3. The van der Waals surface area contributed by atoms with E-state index in [1.54, 1.807) is 56.5 Å². The van der Waals surface area contributed by atoms with E-state index in [9.17, 15) is 19.2 Å². The minimum absolute atomic E-state index is 0.0257. The van der Waals surface area contributed by atoms with Gasteiger partial charge in [-0.15, -0.1) is 0 Å². The van der Waals surface area contributed by atoms with Gasteiger partial charge in [-0.3, -0.25) is 9.59 Å². The van der Waals surface area contributed by atoms with Gasteiger partial charge in [0.2, 0.25) is 12.7 Å². The van der Waals surface area contributed by atoms with Crippen LogP contribution in [0.3, 0.4) is 0 Å². The van der Waals surface area contributed by atoms with Crippen molar-refractivity contribution >= 4 is 35.2 Å². The molecule has 11 nitrogen and oxygen atoms in total. The van der Waals surface area contributed by atoms with Crippen LogP contribution in [0, 0.1) is 0 Å². The van der Waals surface area contributed by atoms with E-state index in [-0.39, 0.29) is 26.4 Å². The van der Waals surface area contributed by atoms with Crippen molar-refractivity contribution in [1.82, 2.24) is 4.90 Å². The summed E-state index contributed by atoms with van der Waals surface area (Å²) < 4.78 is 21.0. The third-order valence-electron chi connectivity index (χ3n) is 6.53. The van der Waals surface area contributed by atoms with Crippen molar-refractivity contribution < 1.29 is 38.1 Å². The van der Waals surface area contributed by atoms with Crippen LogP contribution in [0.5, 0.6) is 17.2 Å². The molecule has 0 bridgehead atoms. The number of carbonyl (C=O) groups excluding carboxylic acids is 4. The molecule has 1 saturated heterocycles. The Balaban J connectivity index is 1.41. The Bertz CT molecular complexity index is 1440. The maximum Gasteiger partial charge on any atom is 0.338 e. The number of carbonyl (C=O) groups is 4. The Kier molecular flexibility index (Phi) is 7.54. The highest BCUT2D eigenvalue weighted by atomic mass is 16.7. The average Bonchev–Trinajstić information content (AvgIpc) is 3.55. The van der Waals surface area contributed by atoms with E-state index in [0.29, 0.717) is 39.8 Å². The highest BCUT2D eigenvalue weighted by molar-refractivity contribution is 6.23. The fourth-order valence-corrected chi connectivity index (χ4v) is 4.52. The van der Waals surface area contributed by atoms with E-state index in [0.717, 1.165) is 4.90 Å². The van der Waals surface area contributed by atoms with Crippen LogP contribution < -0.4 is 24.4 Å². The SMILES string of the molecule is CCOC(=O)c1ccc(N2C(=O)CC(N(Cc3ccc4c(c3)OCO4)C(=O)Nc3ccc(OC)cc3)C2=O)cc1. The lowest BCUT2D eigenvalue weighted by Crippen LogP contribution is -2.46. The number of nitrogens with zero attached hydrogens (tertiary/aromatic N) is 2. The summed E-state index contributed by atoms with van der Waals surface area (Å²) in [6, 6.07) is 16.3. The molecule has 3 aromatic carbocycles. The summed E-state index contributed by atoms with van der Waals surface area (Å²) in [4.78, 5) is 54.6. The number of anilines is 2. The molecule has 11 heteroatoms. The third kappa shape index (κ3) is 5.39. The minimum atomic E-state index is -1.07. The summed E-state index contributed by atoms with van der Waals surface area (Å²) in [5.74, 6) is 0.214. The first kappa shape index (κ1) is 26.5. The van der Waals surface area contributed by atoms with Gasteiger partial charge in [0.15, 0.2) is 11.5 Å². The van der Waals surface area contributed by atoms with E-state index < -0.39 is 29.9 Å². The number of fused-ring (bicyclic) bond motifs is 1. The number of ether oxygens (including phenoxy) is 4. The predicted molar refractivity (Wildman–Crippen MR) is 143 cm³/mol. The van der Waals surface area contributed by atoms with Gasteiger partial charge < -0.3 is 29.2 Å². The molecule has 206 valence electrons. The normalized spacial score (nSPS) is 15.7. The molecule has 40 heavy (non-hydrogen) atoms. The van der Waals surface area contributed by atoms with Gasteiger partial charge in [-0.1, -0.05) is 6.07 Å². The molecule has 1 N–H and O–H groups in total. The first-order chi connectivity index (χ1) is 19.4. The van der Waals surface area contributed by atoms with Gasteiger partial charge in [-0.2, -0.15) is 0 Å². The number of methoxy groups -OCH3 is 1. The van der Waals surface area contributed by atoms with Crippen LogP contribution >= 0.6 is 0 Å². The fourth-order valence-electron chi connectivity index (χ4n) is 4.52. The maximum atomic E-state index is 13.6. The fraction of sp³-hybridized carbons (Fsp3) is 0.241. The van der Waals surface area contributed by atoms with Crippen LogP contribution in [0.4, 0.5) is 16.2 Å². The number of nitrogens with one attached hydrogen (secondary N) is 1. The molecule has 0 saturated carbocycles. The first-order valence-corrected chi connectivity index (χ1v) is 12.6. The monoisotopic (exact) mass is 545 g/mol. The summed E-state index contributed by atoms with van der Waals surface area (Å²) in [5.41, 5.74) is 1.77. The molecular formula is C29H27N3O8. The molecule has 2 aliphatic rings. The topological polar surface area (TPSA) is 124 Å². The largest absolute Gasteiger partial charge is 0.497 e. The highest BCUT2D eigenvalue weighted by Gasteiger charge is 2.44. The van der Waals surface area contributed by atoms with Crippen LogP contribution in [-0.2, 0) is 20.9 Å². The smallest absolute Gasteiger partial charge is 0.338 e. The number of hydrogen-bond acceptors (Lipinski definition) is 8. The second kappa shape index (κ2) is 11.4. The van der Waals surface area contributed by atoms with E-state index in [1.165, 1.54) is 29.2 Å². The summed E-state index contributed by atoms with van der Waals surface area (Å²) >= 11 is 0. The zero-order valence-electron chi connectivity index (χ0n) is 21.9. The van der Waals surface area contributed by atoms with Gasteiger partial charge in [0.05, 0.1) is 31.4 Å². The molecule has 5 rings (SSSR count). The number of hydrogen-bond donors (Lipinski definition) is 1. The third-order valence-corrected chi connectivity index (χ3v) is 6.53. The van der Waals surface area contributed by atoms with Crippen molar-refractivity contribution in [1.29, 1.82) is 0 Å². The second-order valence-corrected chi connectivity index (χ2v) is 9.03. The van der Waals surface area contributed by atoms with Crippen LogP contribution in [-0.4, -0.2) is 55.3 Å². The van der Waals surface area contributed by atoms with Crippen LogP contribution in [0.1, 0.15) is 29.3 Å². The molecule has 4 amide bonds. The Morgan fingerprint density at radius 2 is 1.73 bits per heavy atom. The quantitative estimate of drug-likeness (QED) is 0.333. The van der Waals surface area contributed by atoms with Gasteiger partial charge in [0, 0.05) is 12.2 Å². The Hall–Kier alpha value is -5.06. The zero-order chi connectivity index (χ0) is 28.2. The minimum Gasteiger partial charge on any atom is -0.497 e. The van der Waals surface area contributed by atoms with Crippen molar-refractivity contribution in [2.24, 2.45) is 0 Å². The zero-order valence-corrected chi connectivity index (χ0v) is 21.9.